The molecule has 3 saturated heterocycles. The van der Waals surface area contributed by atoms with Gasteiger partial charge in [-0.15, -0.1) is 0 Å². The van der Waals surface area contributed by atoms with Gasteiger partial charge in [0.05, 0.1) is 18.7 Å². The molecule has 3 fully saturated rings. The van der Waals surface area contributed by atoms with Gasteiger partial charge in [0.15, 0.2) is 5.72 Å². The molecule has 3 aliphatic rings. The van der Waals surface area contributed by atoms with Crippen LogP contribution >= 0.6 is 0 Å². The number of benzene rings is 1. The normalized spacial score (nSPS) is 33.6. The van der Waals surface area contributed by atoms with E-state index in [-0.39, 0.29) is 23.7 Å². The van der Waals surface area contributed by atoms with Crippen LogP contribution in [0.25, 0.3) is 0 Å². The topological polar surface area (TPSA) is 32.8 Å². The Morgan fingerprint density at radius 2 is 2.22 bits per heavy atom. The summed E-state index contributed by atoms with van der Waals surface area (Å²) in [5.74, 6) is 0.725. The standard InChI is InChI=1S/C19H26N2O2/c1-13(2)16-12-23-19-7-8-20(17(19)10-18(22)21(16)19)11-15-6-4-5-14(3)9-15/h4-6,9,13,16-17H,7-8,10-12H2,1-3H3/t16-,17+,19-/m0/s1. The van der Waals surface area contributed by atoms with Gasteiger partial charge in [0.2, 0.25) is 5.91 Å². The van der Waals surface area contributed by atoms with E-state index in [2.05, 4.69) is 54.8 Å². The zero-order valence-corrected chi connectivity index (χ0v) is 14.3. The first-order valence-electron chi connectivity index (χ1n) is 8.77. The van der Waals surface area contributed by atoms with Gasteiger partial charge in [-0.3, -0.25) is 9.69 Å². The number of rotatable bonds is 3. The molecule has 1 aromatic rings. The van der Waals surface area contributed by atoms with Crippen molar-refractivity contribution < 1.29 is 9.53 Å². The zero-order valence-electron chi connectivity index (χ0n) is 14.3. The summed E-state index contributed by atoms with van der Waals surface area (Å²) in [7, 11) is 0. The molecule has 124 valence electrons. The smallest absolute Gasteiger partial charge is 0.226 e. The number of hydrogen-bond acceptors (Lipinski definition) is 3. The van der Waals surface area contributed by atoms with Crippen LogP contribution in [-0.4, -0.2) is 46.7 Å². The Morgan fingerprint density at radius 1 is 1.39 bits per heavy atom. The molecule has 3 atom stereocenters. The molecule has 0 radical (unpaired) electrons. The molecule has 1 spiro atoms. The van der Waals surface area contributed by atoms with E-state index in [0.29, 0.717) is 18.9 Å². The van der Waals surface area contributed by atoms with E-state index in [4.69, 9.17) is 4.74 Å². The van der Waals surface area contributed by atoms with Crippen LogP contribution in [-0.2, 0) is 16.1 Å². The fourth-order valence-electron chi connectivity index (χ4n) is 4.69. The van der Waals surface area contributed by atoms with Crippen LogP contribution in [0.2, 0.25) is 0 Å². The maximum absolute atomic E-state index is 12.7. The largest absolute Gasteiger partial charge is 0.352 e. The van der Waals surface area contributed by atoms with E-state index in [9.17, 15) is 4.79 Å². The average Bonchev–Trinajstić information content (AvgIpc) is 3.10. The molecule has 4 heteroatoms. The van der Waals surface area contributed by atoms with Gasteiger partial charge in [0.25, 0.3) is 0 Å². The van der Waals surface area contributed by atoms with E-state index in [1.165, 1.54) is 11.1 Å². The molecule has 1 amide bonds. The van der Waals surface area contributed by atoms with Gasteiger partial charge >= 0.3 is 0 Å². The number of amides is 1. The third-order valence-corrected chi connectivity index (χ3v) is 5.84. The lowest BCUT2D eigenvalue weighted by Gasteiger charge is -2.34. The van der Waals surface area contributed by atoms with Gasteiger partial charge < -0.3 is 9.64 Å². The second kappa shape index (κ2) is 5.32. The molecule has 0 N–H and O–H groups in total. The van der Waals surface area contributed by atoms with E-state index < -0.39 is 0 Å². The second-order valence-corrected chi connectivity index (χ2v) is 7.66. The molecule has 3 aliphatic heterocycles. The summed E-state index contributed by atoms with van der Waals surface area (Å²) in [6.07, 6.45) is 1.55. The highest BCUT2D eigenvalue weighted by atomic mass is 16.5. The van der Waals surface area contributed by atoms with E-state index >= 15 is 0 Å². The second-order valence-electron chi connectivity index (χ2n) is 7.66. The van der Waals surface area contributed by atoms with Crippen LogP contribution in [0.5, 0.6) is 0 Å². The van der Waals surface area contributed by atoms with Crippen molar-refractivity contribution in [1.82, 2.24) is 9.80 Å². The summed E-state index contributed by atoms with van der Waals surface area (Å²) in [5, 5.41) is 0. The first kappa shape index (κ1) is 15.2. The third kappa shape index (κ3) is 2.23. The van der Waals surface area contributed by atoms with E-state index in [0.717, 1.165) is 19.5 Å². The SMILES string of the molecule is Cc1cccc(CN2CC[C@@]34OC[C@@H](C(C)C)N3C(=O)C[C@@H]24)c1. The van der Waals surface area contributed by atoms with Crippen molar-refractivity contribution in [3.05, 3.63) is 35.4 Å². The minimum absolute atomic E-state index is 0.208. The molecule has 4 nitrogen and oxygen atoms in total. The lowest BCUT2D eigenvalue weighted by molar-refractivity contribution is -0.139. The van der Waals surface area contributed by atoms with Gasteiger partial charge in [0.1, 0.15) is 0 Å². The van der Waals surface area contributed by atoms with Crippen LogP contribution in [0.1, 0.15) is 37.8 Å². The highest BCUT2D eigenvalue weighted by Crippen LogP contribution is 2.49. The minimum atomic E-state index is -0.351. The molecule has 3 heterocycles. The number of hydrogen-bond donors (Lipinski definition) is 0. The Hall–Kier alpha value is -1.39. The van der Waals surface area contributed by atoms with Crippen molar-refractivity contribution in [2.45, 2.75) is 58.0 Å². The Morgan fingerprint density at radius 3 is 2.96 bits per heavy atom. The lowest BCUT2D eigenvalue weighted by atomic mass is 10.0. The first-order valence-corrected chi connectivity index (χ1v) is 8.77. The summed E-state index contributed by atoms with van der Waals surface area (Å²) in [4.78, 5) is 17.2. The van der Waals surface area contributed by atoms with E-state index in [1.54, 1.807) is 0 Å². The van der Waals surface area contributed by atoms with Crippen LogP contribution in [0, 0.1) is 12.8 Å². The summed E-state index contributed by atoms with van der Waals surface area (Å²) < 4.78 is 6.29. The Kier molecular flexibility index (Phi) is 3.50. The lowest BCUT2D eigenvalue weighted by Crippen LogP contribution is -2.50. The molecular weight excluding hydrogens is 288 g/mol. The van der Waals surface area contributed by atoms with Crippen molar-refractivity contribution in [3.8, 4) is 0 Å². The number of carbonyl (C=O) groups is 1. The van der Waals surface area contributed by atoms with Crippen LogP contribution in [0.15, 0.2) is 24.3 Å². The summed E-state index contributed by atoms with van der Waals surface area (Å²) >= 11 is 0. The highest BCUT2D eigenvalue weighted by molar-refractivity contribution is 5.82. The van der Waals surface area contributed by atoms with Gasteiger partial charge in [-0.25, -0.2) is 0 Å². The molecule has 0 bridgehead atoms. The van der Waals surface area contributed by atoms with Crippen molar-refractivity contribution in [2.75, 3.05) is 13.2 Å². The number of nitrogens with zero attached hydrogens (tertiary/aromatic N) is 2. The van der Waals surface area contributed by atoms with Crippen LogP contribution in [0.3, 0.4) is 0 Å². The van der Waals surface area contributed by atoms with Gasteiger partial charge in [-0.05, 0) is 18.4 Å². The molecule has 0 aromatic heterocycles. The third-order valence-electron chi connectivity index (χ3n) is 5.84. The molecule has 1 aromatic carbocycles. The van der Waals surface area contributed by atoms with Crippen molar-refractivity contribution >= 4 is 5.91 Å². The Labute approximate surface area is 138 Å². The van der Waals surface area contributed by atoms with Gasteiger partial charge in [-0.2, -0.15) is 0 Å². The van der Waals surface area contributed by atoms with E-state index in [1.807, 2.05) is 0 Å². The quantitative estimate of drug-likeness (QED) is 0.859. The number of ether oxygens (including phenoxy) is 1. The maximum Gasteiger partial charge on any atom is 0.226 e. The molecule has 0 aliphatic carbocycles. The predicted molar refractivity (Wildman–Crippen MR) is 88.8 cm³/mol. The molecule has 0 unspecified atom stereocenters. The highest BCUT2D eigenvalue weighted by Gasteiger charge is 2.64. The van der Waals surface area contributed by atoms with Crippen molar-refractivity contribution in [2.24, 2.45) is 5.92 Å². The fourth-order valence-corrected chi connectivity index (χ4v) is 4.69. The minimum Gasteiger partial charge on any atom is -0.352 e. The fraction of sp³-hybridized carbons (Fsp3) is 0.632. The van der Waals surface area contributed by atoms with Crippen molar-refractivity contribution in [1.29, 1.82) is 0 Å². The number of likely N-dealkylation sites (tertiary alicyclic amines) is 1. The molecule has 23 heavy (non-hydrogen) atoms. The molecular formula is C19H26N2O2. The Bertz CT molecular complexity index is 630. The predicted octanol–water partition coefficient (Wildman–Crippen LogP) is 2.55. The molecule has 4 rings (SSSR count). The van der Waals surface area contributed by atoms with Gasteiger partial charge in [-0.1, -0.05) is 43.7 Å². The summed E-state index contributed by atoms with van der Waals surface area (Å²) in [6.45, 7) is 9.11. The first-order chi connectivity index (χ1) is 11.0. The maximum atomic E-state index is 12.7. The Balaban J connectivity index is 1.58. The van der Waals surface area contributed by atoms with Crippen molar-refractivity contribution in [3.63, 3.8) is 0 Å². The number of aryl methyl sites for hydroxylation is 1. The van der Waals surface area contributed by atoms with Crippen LogP contribution < -0.4 is 0 Å². The summed E-state index contributed by atoms with van der Waals surface area (Å²) in [5.41, 5.74) is 2.26. The monoisotopic (exact) mass is 314 g/mol. The summed E-state index contributed by atoms with van der Waals surface area (Å²) in [6, 6.07) is 9.11. The zero-order chi connectivity index (χ0) is 16.2. The number of carbonyl (C=O) groups excluding carboxylic acids is 1. The molecule has 0 saturated carbocycles. The van der Waals surface area contributed by atoms with Gasteiger partial charge in [0, 0.05) is 25.9 Å². The average molecular weight is 314 g/mol. The van der Waals surface area contributed by atoms with Crippen LogP contribution in [0.4, 0.5) is 0 Å².